The van der Waals surface area contributed by atoms with E-state index in [2.05, 4.69) is 24.5 Å². The third-order valence-electron chi connectivity index (χ3n) is 5.59. The monoisotopic (exact) mass is 436 g/mol. The van der Waals surface area contributed by atoms with E-state index in [0.29, 0.717) is 24.5 Å². The lowest BCUT2D eigenvalue weighted by Crippen LogP contribution is -2.50. The number of hydrogen-bond donors (Lipinski definition) is 2. The predicted octanol–water partition coefficient (Wildman–Crippen LogP) is 3.80. The highest BCUT2D eigenvalue weighted by molar-refractivity contribution is 6.01. The van der Waals surface area contributed by atoms with Gasteiger partial charge in [0.1, 0.15) is 6.54 Å². The highest BCUT2D eigenvalue weighted by Gasteiger charge is 2.30. The van der Waals surface area contributed by atoms with Crippen molar-refractivity contribution < 1.29 is 14.4 Å². The van der Waals surface area contributed by atoms with Crippen molar-refractivity contribution in [1.29, 1.82) is 0 Å². The van der Waals surface area contributed by atoms with Gasteiger partial charge in [-0.05, 0) is 55.0 Å². The SMILES string of the molecule is Cc1cccc(NC(=O)NCC(=O)N(CC(=O)N2CCCC(C)(C)C2)c2ccccc2)c1. The van der Waals surface area contributed by atoms with E-state index in [0.717, 1.165) is 18.4 Å². The molecule has 0 bridgehead atoms. The number of rotatable bonds is 6. The van der Waals surface area contributed by atoms with Crippen LogP contribution in [-0.2, 0) is 9.59 Å². The summed E-state index contributed by atoms with van der Waals surface area (Å²) < 4.78 is 0. The van der Waals surface area contributed by atoms with Crippen LogP contribution in [0.25, 0.3) is 0 Å². The minimum Gasteiger partial charge on any atom is -0.341 e. The Balaban J connectivity index is 1.64. The number of carbonyl (C=O) groups is 3. The third-order valence-corrected chi connectivity index (χ3v) is 5.59. The number of urea groups is 1. The maximum atomic E-state index is 13.0. The number of amides is 4. The molecular weight excluding hydrogens is 404 g/mol. The number of anilines is 2. The van der Waals surface area contributed by atoms with Crippen LogP contribution in [0.5, 0.6) is 0 Å². The molecule has 1 saturated heterocycles. The summed E-state index contributed by atoms with van der Waals surface area (Å²) in [6, 6.07) is 16.0. The molecular formula is C25H32N4O3. The molecule has 2 N–H and O–H groups in total. The lowest BCUT2D eigenvalue weighted by atomic mass is 9.84. The molecule has 2 aromatic rings. The largest absolute Gasteiger partial charge is 0.341 e. The van der Waals surface area contributed by atoms with Crippen LogP contribution in [0.2, 0.25) is 0 Å². The molecule has 7 nitrogen and oxygen atoms in total. The zero-order valence-electron chi connectivity index (χ0n) is 19.1. The fourth-order valence-electron chi connectivity index (χ4n) is 3.95. The fraction of sp³-hybridized carbons (Fsp3) is 0.400. The molecule has 0 atom stereocenters. The first kappa shape index (κ1) is 23.3. The molecule has 0 aromatic heterocycles. The normalized spacial score (nSPS) is 15.0. The summed E-state index contributed by atoms with van der Waals surface area (Å²) in [5.41, 5.74) is 2.37. The molecule has 170 valence electrons. The summed E-state index contributed by atoms with van der Waals surface area (Å²) in [6.45, 7) is 7.36. The number of para-hydroxylation sites is 1. The molecule has 1 aliphatic heterocycles. The van der Waals surface area contributed by atoms with Crippen molar-refractivity contribution in [3.8, 4) is 0 Å². The topological polar surface area (TPSA) is 81.8 Å². The van der Waals surface area contributed by atoms with Gasteiger partial charge in [0.15, 0.2) is 0 Å². The summed E-state index contributed by atoms with van der Waals surface area (Å²) in [6.07, 6.45) is 2.04. The number of benzene rings is 2. The first-order chi connectivity index (χ1) is 15.2. The first-order valence-corrected chi connectivity index (χ1v) is 11.0. The molecule has 0 spiro atoms. The van der Waals surface area contributed by atoms with Gasteiger partial charge in [-0.25, -0.2) is 4.79 Å². The van der Waals surface area contributed by atoms with Crippen molar-refractivity contribution in [2.24, 2.45) is 5.41 Å². The van der Waals surface area contributed by atoms with Gasteiger partial charge in [-0.3, -0.25) is 9.59 Å². The lowest BCUT2D eigenvalue weighted by molar-refractivity contribution is -0.134. The highest BCUT2D eigenvalue weighted by Crippen LogP contribution is 2.28. The summed E-state index contributed by atoms with van der Waals surface area (Å²) in [4.78, 5) is 41.6. The zero-order valence-corrected chi connectivity index (χ0v) is 19.1. The molecule has 1 aliphatic rings. The number of carbonyl (C=O) groups excluding carboxylic acids is 3. The molecule has 0 unspecified atom stereocenters. The van der Waals surface area contributed by atoms with Crippen LogP contribution in [0, 0.1) is 12.3 Å². The minimum atomic E-state index is -0.471. The second kappa shape index (κ2) is 10.3. The third kappa shape index (κ3) is 6.57. The zero-order chi connectivity index (χ0) is 23.1. The number of hydrogen-bond acceptors (Lipinski definition) is 3. The lowest BCUT2D eigenvalue weighted by Gasteiger charge is -2.39. The number of nitrogens with zero attached hydrogens (tertiary/aromatic N) is 2. The van der Waals surface area contributed by atoms with E-state index < -0.39 is 6.03 Å². The second-order valence-electron chi connectivity index (χ2n) is 9.08. The Morgan fingerprint density at radius 3 is 2.50 bits per heavy atom. The van der Waals surface area contributed by atoms with Crippen LogP contribution in [0.4, 0.5) is 16.2 Å². The second-order valence-corrected chi connectivity index (χ2v) is 9.08. The summed E-state index contributed by atoms with van der Waals surface area (Å²) >= 11 is 0. The molecule has 2 aromatic carbocycles. The molecule has 0 aliphatic carbocycles. The molecule has 7 heteroatoms. The summed E-state index contributed by atoms with van der Waals surface area (Å²) in [7, 11) is 0. The first-order valence-electron chi connectivity index (χ1n) is 11.0. The van der Waals surface area contributed by atoms with Crippen LogP contribution in [0.15, 0.2) is 54.6 Å². The van der Waals surface area contributed by atoms with Crippen molar-refractivity contribution in [3.63, 3.8) is 0 Å². The number of nitrogens with one attached hydrogen (secondary N) is 2. The quantitative estimate of drug-likeness (QED) is 0.723. The Hall–Kier alpha value is -3.35. The van der Waals surface area contributed by atoms with Gasteiger partial charge in [-0.15, -0.1) is 0 Å². The van der Waals surface area contributed by atoms with E-state index in [-0.39, 0.29) is 30.3 Å². The van der Waals surface area contributed by atoms with Crippen molar-refractivity contribution >= 4 is 29.2 Å². The van der Waals surface area contributed by atoms with Crippen LogP contribution >= 0.6 is 0 Å². The van der Waals surface area contributed by atoms with Gasteiger partial charge in [-0.2, -0.15) is 0 Å². The Kier molecular flexibility index (Phi) is 7.51. The number of piperidine rings is 1. The van der Waals surface area contributed by atoms with Gasteiger partial charge in [0.05, 0.1) is 6.54 Å². The Labute approximate surface area is 189 Å². The fourth-order valence-corrected chi connectivity index (χ4v) is 3.95. The van der Waals surface area contributed by atoms with E-state index in [9.17, 15) is 14.4 Å². The van der Waals surface area contributed by atoms with E-state index in [1.54, 1.807) is 18.2 Å². The smallest absolute Gasteiger partial charge is 0.319 e. The molecule has 0 radical (unpaired) electrons. The highest BCUT2D eigenvalue weighted by atomic mass is 16.2. The van der Waals surface area contributed by atoms with E-state index in [1.807, 2.05) is 48.2 Å². The van der Waals surface area contributed by atoms with E-state index >= 15 is 0 Å². The molecule has 1 heterocycles. The molecule has 0 saturated carbocycles. The predicted molar refractivity (Wildman–Crippen MR) is 127 cm³/mol. The molecule has 3 rings (SSSR count). The van der Waals surface area contributed by atoms with E-state index in [1.165, 1.54) is 4.90 Å². The van der Waals surface area contributed by atoms with Crippen molar-refractivity contribution in [3.05, 3.63) is 60.2 Å². The van der Waals surface area contributed by atoms with E-state index in [4.69, 9.17) is 0 Å². The van der Waals surface area contributed by atoms with Crippen LogP contribution in [0.1, 0.15) is 32.3 Å². The molecule has 4 amide bonds. The van der Waals surface area contributed by atoms with Gasteiger partial charge in [0.25, 0.3) is 0 Å². The van der Waals surface area contributed by atoms with Crippen LogP contribution in [0.3, 0.4) is 0 Å². The number of aryl methyl sites for hydroxylation is 1. The maximum Gasteiger partial charge on any atom is 0.319 e. The minimum absolute atomic E-state index is 0.0555. The van der Waals surface area contributed by atoms with Crippen LogP contribution in [-0.4, -0.2) is 48.9 Å². The van der Waals surface area contributed by atoms with Gasteiger partial charge in [0, 0.05) is 24.5 Å². The van der Waals surface area contributed by atoms with Gasteiger partial charge in [-0.1, -0.05) is 44.2 Å². The van der Waals surface area contributed by atoms with Crippen molar-refractivity contribution in [1.82, 2.24) is 10.2 Å². The van der Waals surface area contributed by atoms with Crippen molar-refractivity contribution in [2.75, 3.05) is 36.4 Å². The average molecular weight is 437 g/mol. The average Bonchev–Trinajstić information content (AvgIpc) is 2.75. The number of likely N-dealkylation sites (tertiary alicyclic amines) is 1. The standard InChI is InChI=1S/C25H32N4O3/c1-19-9-7-10-20(15-19)27-24(32)26-16-22(30)29(21-11-5-4-6-12-21)17-23(31)28-14-8-13-25(2,3)18-28/h4-7,9-12,15H,8,13-14,16-18H2,1-3H3,(H2,26,27,32). The molecule has 32 heavy (non-hydrogen) atoms. The van der Waals surface area contributed by atoms with Gasteiger partial charge < -0.3 is 20.4 Å². The van der Waals surface area contributed by atoms with Gasteiger partial charge in [0.2, 0.25) is 11.8 Å². The van der Waals surface area contributed by atoms with Crippen molar-refractivity contribution in [2.45, 2.75) is 33.6 Å². The summed E-state index contributed by atoms with van der Waals surface area (Å²) in [5.74, 6) is -0.431. The Morgan fingerprint density at radius 2 is 1.81 bits per heavy atom. The van der Waals surface area contributed by atoms with Gasteiger partial charge >= 0.3 is 6.03 Å². The summed E-state index contributed by atoms with van der Waals surface area (Å²) in [5, 5.41) is 5.32. The Bertz CT molecular complexity index is 959. The van der Waals surface area contributed by atoms with Crippen LogP contribution < -0.4 is 15.5 Å². The Morgan fingerprint density at radius 1 is 1.06 bits per heavy atom. The maximum absolute atomic E-state index is 13.0. The molecule has 1 fully saturated rings.